The Balaban J connectivity index is 2.88. The van der Waals surface area contributed by atoms with Gasteiger partial charge in [-0.25, -0.2) is 0 Å². The zero-order valence-corrected chi connectivity index (χ0v) is 11.5. The number of benzene rings is 1. The van der Waals surface area contributed by atoms with E-state index < -0.39 is 16.9 Å². The molecule has 0 spiro atoms. The Morgan fingerprint density at radius 1 is 1.55 bits per heavy atom. The molecule has 0 aliphatic carbocycles. The fourth-order valence-electron chi connectivity index (χ4n) is 1.71. The Kier molecular flexibility index (Phi) is 5.92. The number of hydrogen-bond acceptors (Lipinski definition) is 5. The lowest BCUT2D eigenvalue weighted by atomic mass is 10.1. The van der Waals surface area contributed by atoms with E-state index in [9.17, 15) is 20.0 Å². The average molecular weight is 282 g/mol. The lowest BCUT2D eigenvalue weighted by molar-refractivity contribution is -0.385. The van der Waals surface area contributed by atoms with Crippen LogP contribution in [-0.2, 0) is 0 Å². The maximum Gasteiger partial charge on any atom is 0.285 e. The van der Waals surface area contributed by atoms with Gasteiger partial charge >= 0.3 is 0 Å². The minimum Gasteiger partial charge on any atom is -0.496 e. The van der Waals surface area contributed by atoms with Crippen molar-refractivity contribution in [3.05, 3.63) is 33.9 Å². The molecule has 0 saturated carbocycles. The Morgan fingerprint density at radius 3 is 2.80 bits per heavy atom. The Labute approximate surface area is 116 Å². The molecule has 1 rings (SSSR count). The number of carbonyl (C=O) groups excluding carboxylic acids is 1. The van der Waals surface area contributed by atoms with Gasteiger partial charge < -0.3 is 15.2 Å². The first-order chi connectivity index (χ1) is 9.51. The highest BCUT2D eigenvalue weighted by atomic mass is 16.6. The van der Waals surface area contributed by atoms with E-state index in [0.29, 0.717) is 12.8 Å². The van der Waals surface area contributed by atoms with Gasteiger partial charge in [-0.2, -0.15) is 0 Å². The molecule has 7 heteroatoms. The molecule has 1 unspecified atom stereocenters. The van der Waals surface area contributed by atoms with Gasteiger partial charge in [0.25, 0.3) is 11.6 Å². The van der Waals surface area contributed by atoms with Crippen molar-refractivity contribution in [1.29, 1.82) is 0 Å². The number of ether oxygens (including phenoxy) is 1. The first kappa shape index (κ1) is 15.9. The van der Waals surface area contributed by atoms with Crippen LogP contribution in [0.1, 0.15) is 30.1 Å². The molecule has 0 heterocycles. The zero-order valence-electron chi connectivity index (χ0n) is 11.5. The van der Waals surface area contributed by atoms with E-state index in [2.05, 4.69) is 5.32 Å². The van der Waals surface area contributed by atoms with Crippen LogP contribution in [-0.4, -0.2) is 35.7 Å². The van der Waals surface area contributed by atoms with E-state index in [1.54, 1.807) is 0 Å². The zero-order chi connectivity index (χ0) is 15.1. The number of amides is 1. The van der Waals surface area contributed by atoms with E-state index >= 15 is 0 Å². The van der Waals surface area contributed by atoms with Crippen molar-refractivity contribution in [3.63, 3.8) is 0 Å². The molecular weight excluding hydrogens is 264 g/mol. The van der Waals surface area contributed by atoms with Crippen LogP contribution in [0.3, 0.4) is 0 Å². The molecule has 0 radical (unpaired) electrons. The van der Waals surface area contributed by atoms with E-state index in [4.69, 9.17) is 4.74 Å². The molecule has 2 N–H and O–H groups in total. The van der Waals surface area contributed by atoms with Gasteiger partial charge in [-0.15, -0.1) is 0 Å². The number of aliphatic hydroxyl groups is 1. The van der Waals surface area contributed by atoms with Gasteiger partial charge in [-0.1, -0.05) is 13.0 Å². The highest BCUT2D eigenvalue weighted by molar-refractivity contribution is 6.00. The van der Waals surface area contributed by atoms with Crippen molar-refractivity contribution in [1.82, 2.24) is 5.32 Å². The second-order valence-corrected chi connectivity index (χ2v) is 4.22. The van der Waals surface area contributed by atoms with Crippen molar-refractivity contribution in [2.24, 2.45) is 0 Å². The molecule has 0 bridgehead atoms. The SMILES string of the molecule is CCC(O)CCNC(=O)c1c(OC)cccc1[N+](=O)[O-]. The van der Waals surface area contributed by atoms with Crippen LogP contribution in [0.5, 0.6) is 5.75 Å². The number of carbonyl (C=O) groups is 1. The fourth-order valence-corrected chi connectivity index (χ4v) is 1.71. The number of aliphatic hydroxyl groups excluding tert-OH is 1. The van der Waals surface area contributed by atoms with Gasteiger partial charge in [0.15, 0.2) is 5.56 Å². The molecule has 7 nitrogen and oxygen atoms in total. The lowest BCUT2D eigenvalue weighted by Gasteiger charge is -2.11. The van der Waals surface area contributed by atoms with Crippen LogP contribution in [0.4, 0.5) is 5.69 Å². The quantitative estimate of drug-likeness (QED) is 0.582. The number of nitro benzene ring substituents is 1. The average Bonchev–Trinajstić information content (AvgIpc) is 2.45. The third kappa shape index (κ3) is 3.92. The number of hydrogen-bond donors (Lipinski definition) is 2. The molecule has 20 heavy (non-hydrogen) atoms. The normalized spacial score (nSPS) is 11.8. The summed E-state index contributed by atoms with van der Waals surface area (Å²) in [6.07, 6.45) is 0.485. The monoisotopic (exact) mass is 282 g/mol. The van der Waals surface area contributed by atoms with Gasteiger partial charge in [0.1, 0.15) is 5.75 Å². The van der Waals surface area contributed by atoms with E-state index in [1.165, 1.54) is 25.3 Å². The van der Waals surface area contributed by atoms with Crippen LogP contribution in [0.2, 0.25) is 0 Å². The number of nitrogens with one attached hydrogen (secondary N) is 1. The smallest absolute Gasteiger partial charge is 0.285 e. The number of rotatable bonds is 7. The molecule has 1 atom stereocenters. The summed E-state index contributed by atoms with van der Waals surface area (Å²) in [6.45, 7) is 2.07. The fraction of sp³-hybridized carbons (Fsp3) is 0.462. The molecule has 0 aliphatic heterocycles. The van der Waals surface area contributed by atoms with E-state index in [1.807, 2.05) is 6.92 Å². The van der Waals surface area contributed by atoms with E-state index in [0.717, 1.165) is 0 Å². The molecule has 1 aromatic carbocycles. The van der Waals surface area contributed by atoms with Gasteiger partial charge in [-0.3, -0.25) is 14.9 Å². The van der Waals surface area contributed by atoms with Gasteiger partial charge in [0, 0.05) is 12.6 Å². The van der Waals surface area contributed by atoms with Crippen LogP contribution in [0, 0.1) is 10.1 Å². The third-order valence-corrected chi connectivity index (χ3v) is 2.88. The predicted octanol–water partition coefficient (Wildman–Crippen LogP) is 1.49. The van der Waals surface area contributed by atoms with Crippen LogP contribution in [0.25, 0.3) is 0 Å². The van der Waals surface area contributed by atoms with Crippen LogP contribution >= 0.6 is 0 Å². The second kappa shape index (κ2) is 7.44. The highest BCUT2D eigenvalue weighted by Crippen LogP contribution is 2.27. The first-order valence-electron chi connectivity index (χ1n) is 6.28. The summed E-state index contributed by atoms with van der Waals surface area (Å²) in [6, 6.07) is 4.19. The summed E-state index contributed by atoms with van der Waals surface area (Å²) >= 11 is 0. The van der Waals surface area contributed by atoms with Gasteiger partial charge in [-0.05, 0) is 18.9 Å². The van der Waals surface area contributed by atoms with Crippen molar-refractivity contribution in [2.45, 2.75) is 25.9 Å². The predicted molar refractivity (Wildman–Crippen MR) is 72.9 cm³/mol. The largest absolute Gasteiger partial charge is 0.496 e. The van der Waals surface area contributed by atoms with Gasteiger partial charge in [0.2, 0.25) is 0 Å². The summed E-state index contributed by atoms with van der Waals surface area (Å²) in [4.78, 5) is 22.4. The molecule has 1 amide bonds. The molecular formula is C13H18N2O5. The molecule has 0 saturated heterocycles. The summed E-state index contributed by atoms with van der Waals surface area (Å²) in [5.74, 6) is -0.440. The minimum absolute atomic E-state index is 0.106. The Bertz CT molecular complexity index is 490. The number of nitro groups is 1. The summed E-state index contributed by atoms with van der Waals surface area (Å²) in [5.41, 5.74) is -0.413. The highest BCUT2D eigenvalue weighted by Gasteiger charge is 2.24. The molecule has 0 fully saturated rings. The minimum atomic E-state index is -0.627. The van der Waals surface area contributed by atoms with E-state index in [-0.39, 0.29) is 23.5 Å². The van der Waals surface area contributed by atoms with Gasteiger partial charge in [0.05, 0.1) is 18.1 Å². The van der Waals surface area contributed by atoms with Crippen molar-refractivity contribution in [3.8, 4) is 5.75 Å². The number of nitrogens with zero attached hydrogens (tertiary/aromatic N) is 1. The van der Waals surface area contributed by atoms with Crippen molar-refractivity contribution >= 4 is 11.6 Å². The summed E-state index contributed by atoms with van der Waals surface area (Å²) in [5, 5.41) is 22.9. The maximum absolute atomic E-state index is 12.0. The standard InChI is InChI=1S/C13H18N2O5/c1-3-9(16)7-8-14-13(17)12-10(15(18)19)5-4-6-11(12)20-2/h4-6,9,16H,3,7-8H2,1-2H3,(H,14,17). The first-order valence-corrected chi connectivity index (χ1v) is 6.28. The number of methoxy groups -OCH3 is 1. The third-order valence-electron chi connectivity index (χ3n) is 2.88. The summed E-state index contributed by atoms with van der Waals surface area (Å²) < 4.78 is 4.99. The van der Waals surface area contributed by atoms with Crippen molar-refractivity contribution in [2.75, 3.05) is 13.7 Å². The molecule has 0 aromatic heterocycles. The van der Waals surface area contributed by atoms with Crippen LogP contribution < -0.4 is 10.1 Å². The Morgan fingerprint density at radius 2 is 2.25 bits per heavy atom. The topological polar surface area (TPSA) is 102 Å². The maximum atomic E-state index is 12.0. The van der Waals surface area contributed by atoms with Crippen LogP contribution in [0.15, 0.2) is 18.2 Å². The molecule has 0 aliphatic rings. The summed E-state index contributed by atoms with van der Waals surface area (Å²) in [7, 11) is 1.34. The Hall–Kier alpha value is -2.15. The van der Waals surface area contributed by atoms with Crippen molar-refractivity contribution < 1.29 is 19.6 Å². The molecule has 1 aromatic rings. The second-order valence-electron chi connectivity index (χ2n) is 4.22. The molecule has 110 valence electrons. The lowest BCUT2D eigenvalue weighted by Crippen LogP contribution is -2.28.